The number of aryl methyl sites for hydroxylation is 1. The second kappa shape index (κ2) is 9.20. The zero-order valence-corrected chi connectivity index (χ0v) is 16.7. The lowest BCUT2D eigenvalue weighted by Crippen LogP contribution is -2.24. The number of nitriles is 1. The molecule has 0 radical (unpaired) electrons. The number of rotatable bonds is 7. The predicted octanol–water partition coefficient (Wildman–Crippen LogP) is 3.55. The normalized spacial score (nSPS) is 10.5. The maximum absolute atomic E-state index is 12.2. The molecule has 6 nitrogen and oxygen atoms in total. The zero-order chi connectivity index (χ0) is 19.9. The van der Waals surface area contributed by atoms with Gasteiger partial charge in [0.2, 0.25) is 5.91 Å². The van der Waals surface area contributed by atoms with E-state index in [4.69, 9.17) is 5.26 Å². The van der Waals surface area contributed by atoms with Gasteiger partial charge >= 0.3 is 0 Å². The number of hydrogen-bond acceptors (Lipinski definition) is 5. The Labute approximate surface area is 168 Å². The van der Waals surface area contributed by atoms with Gasteiger partial charge in [-0.15, -0.1) is 10.2 Å². The molecule has 0 aliphatic carbocycles. The number of amides is 1. The second-order valence-corrected chi connectivity index (χ2v) is 7.24. The molecule has 3 rings (SSSR count). The SMILES string of the molecule is CCn1c(SCC(=O)NCc2cccc(C#N)c2)nnc1-c1cccc(C)c1. The average Bonchev–Trinajstić information content (AvgIpc) is 3.14. The lowest BCUT2D eigenvalue weighted by Gasteiger charge is -2.08. The summed E-state index contributed by atoms with van der Waals surface area (Å²) in [5.41, 5.74) is 3.66. The van der Waals surface area contributed by atoms with Gasteiger partial charge in [-0.1, -0.05) is 47.7 Å². The topological polar surface area (TPSA) is 83.6 Å². The largest absolute Gasteiger partial charge is 0.351 e. The van der Waals surface area contributed by atoms with Crippen LogP contribution in [0, 0.1) is 18.3 Å². The van der Waals surface area contributed by atoms with Gasteiger partial charge in [-0.2, -0.15) is 5.26 Å². The molecule has 1 aromatic heterocycles. The zero-order valence-electron chi connectivity index (χ0n) is 15.8. The highest BCUT2D eigenvalue weighted by Gasteiger charge is 2.14. The first kappa shape index (κ1) is 19.6. The number of benzene rings is 2. The van der Waals surface area contributed by atoms with Crippen molar-refractivity contribution in [2.45, 2.75) is 32.1 Å². The number of hydrogen-bond donors (Lipinski definition) is 1. The van der Waals surface area contributed by atoms with Crippen molar-refractivity contribution in [3.05, 3.63) is 65.2 Å². The molecule has 1 N–H and O–H groups in total. The maximum atomic E-state index is 12.2. The number of thioether (sulfide) groups is 1. The van der Waals surface area contributed by atoms with Crippen LogP contribution in [0.5, 0.6) is 0 Å². The Morgan fingerprint density at radius 2 is 2.04 bits per heavy atom. The summed E-state index contributed by atoms with van der Waals surface area (Å²) < 4.78 is 2.02. The van der Waals surface area contributed by atoms with Crippen molar-refractivity contribution in [3.8, 4) is 17.5 Å². The molecule has 1 heterocycles. The van der Waals surface area contributed by atoms with Gasteiger partial charge in [0.05, 0.1) is 17.4 Å². The molecular formula is C21H21N5OS. The monoisotopic (exact) mass is 391 g/mol. The number of nitrogens with zero attached hydrogens (tertiary/aromatic N) is 4. The Kier molecular flexibility index (Phi) is 6.45. The van der Waals surface area contributed by atoms with Gasteiger partial charge in [0, 0.05) is 18.7 Å². The Bertz CT molecular complexity index is 1020. The molecule has 0 aliphatic rings. The second-order valence-electron chi connectivity index (χ2n) is 6.30. The van der Waals surface area contributed by atoms with Crippen LogP contribution in [0.1, 0.15) is 23.6 Å². The quantitative estimate of drug-likeness (QED) is 0.623. The standard InChI is InChI=1S/C21H21N5OS/c1-3-26-20(18-9-4-6-15(2)10-18)24-25-21(26)28-14-19(27)23-13-17-8-5-7-16(11-17)12-22/h4-11H,3,13-14H2,1-2H3,(H,23,27). The predicted molar refractivity (Wildman–Crippen MR) is 110 cm³/mol. The van der Waals surface area contributed by atoms with Crippen LogP contribution in [0.15, 0.2) is 53.7 Å². The van der Waals surface area contributed by atoms with E-state index < -0.39 is 0 Å². The fourth-order valence-corrected chi connectivity index (χ4v) is 3.64. The van der Waals surface area contributed by atoms with E-state index >= 15 is 0 Å². The van der Waals surface area contributed by atoms with Crippen LogP contribution in [0.2, 0.25) is 0 Å². The van der Waals surface area contributed by atoms with Gasteiger partial charge in [0.15, 0.2) is 11.0 Å². The van der Waals surface area contributed by atoms with Crippen LogP contribution in [0.3, 0.4) is 0 Å². The lowest BCUT2D eigenvalue weighted by atomic mass is 10.1. The average molecular weight is 392 g/mol. The molecule has 0 saturated heterocycles. The number of aromatic nitrogens is 3. The molecule has 0 fully saturated rings. The minimum Gasteiger partial charge on any atom is -0.351 e. The molecule has 0 unspecified atom stereocenters. The number of carbonyl (C=O) groups excluding carboxylic acids is 1. The minimum absolute atomic E-state index is 0.0879. The van der Waals surface area contributed by atoms with E-state index in [1.54, 1.807) is 12.1 Å². The number of carbonyl (C=O) groups is 1. The first-order chi connectivity index (χ1) is 13.6. The van der Waals surface area contributed by atoms with E-state index in [0.29, 0.717) is 12.1 Å². The van der Waals surface area contributed by atoms with Crippen molar-refractivity contribution >= 4 is 17.7 Å². The molecule has 0 bridgehead atoms. The van der Waals surface area contributed by atoms with Crippen LogP contribution >= 0.6 is 11.8 Å². The van der Waals surface area contributed by atoms with Gasteiger partial charge in [-0.25, -0.2) is 0 Å². The van der Waals surface area contributed by atoms with Gasteiger partial charge in [-0.3, -0.25) is 4.79 Å². The third kappa shape index (κ3) is 4.78. The van der Waals surface area contributed by atoms with Crippen molar-refractivity contribution in [1.82, 2.24) is 20.1 Å². The van der Waals surface area contributed by atoms with Crippen LogP contribution in [-0.2, 0) is 17.9 Å². The Balaban J connectivity index is 1.61. The third-order valence-corrected chi connectivity index (χ3v) is 5.15. The van der Waals surface area contributed by atoms with Crippen molar-refractivity contribution in [2.75, 3.05) is 5.75 Å². The summed E-state index contributed by atoms with van der Waals surface area (Å²) in [6.07, 6.45) is 0. The molecule has 0 saturated carbocycles. The Morgan fingerprint density at radius 1 is 1.21 bits per heavy atom. The van der Waals surface area contributed by atoms with E-state index in [1.807, 2.05) is 48.7 Å². The first-order valence-corrected chi connectivity index (χ1v) is 9.98. The summed E-state index contributed by atoms with van der Waals surface area (Å²) >= 11 is 1.37. The lowest BCUT2D eigenvalue weighted by molar-refractivity contribution is -0.118. The maximum Gasteiger partial charge on any atom is 0.230 e. The van der Waals surface area contributed by atoms with Crippen LogP contribution in [0.4, 0.5) is 0 Å². The highest BCUT2D eigenvalue weighted by molar-refractivity contribution is 7.99. The molecular weight excluding hydrogens is 370 g/mol. The molecule has 0 aliphatic heterocycles. The van der Waals surface area contributed by atoms with Crippen LogP contribution < -0.4 is 5.32 Å². The summed E-state index contributed by atoms with van der Waals surface area (Å²) in [6, 6.07) is 17.4. The fourth-order valence-electron chi connectivity index (χ4n) is 2.81. The van der Waals surface area contributed by atoms with Crippen molar-refractivity contribution in [2.24, 2.45) is 0 Å². The van der Waals surface area contributed by atoms with Crippen molar-refractivity contribution < 1.29 is 4.79 Å². The first-order valence-electron chi connectivity index (χ1n) is 8.99. The number of nitrogens with one attached hydrogen (secondary N) is 1. The van der Waals surface area contributed by atoms with Gasteiger partial charge in [0.1, 0.15) is 0 Å². The summed E-state index contributed by atoms with van der Waals surface area (Å²) in [5, 5.41) is 21.1. The van der Waals surface area contributed by atoms with Crippen molar-refractivity contribution in [1.29, 1.82) is 5.26 Å². The van der Waals surface area contributed by atoms with Crippen molar-refractivity contribution in [3.63, 3.8) is 0 Å². The highest BCUT2D eigenvalue weighted by Crippen LogP contribution is 2.24. The molecule has 0 spiro atoms. The van der Waals surface area contributed by atoms with E-state index in [1.165, 1.54) is 11.8 Å². The van der Waals surface area contributed by atoms with E-state index in [0.717, 1.165) is 34.2 Å². The molecule has 7 heteroatoms. The van der Waals surface area contributed by atoms with Crippen LogP contribution in [-0.4, -0.2) is 26.4 Å². The Hall–Kier alpha value is -3.11. The van der Waals surface area contributed by atoms with Crippen LogP contribution in [0.25, 0.3) is 11.4 Å². The molecule has 28 heavy (non-hydrogen) atoms. The summed E-state index contributed by atoms with van der Waals surface area (Å²) in [6.45, 7) is 5.20. The van der Waals surface area contributed by atoms with Gasteiger partial charge in [0.25, 0.3) is 0 Å². The molecule has 0 atom stereocenters. The van der Waals surface area contributed by atoms with E-state index in [-0.39, 0.29) is 11.7 Å². The summed E-state index contributed by atoms with van der Waals surface area (Å²) in [4.78, 5) is 12.2. The minimum atomic E-state index is -0.0879. The molecule has 3 aromatic rings. The smallest absolute Gasteiger partial charge is 0.230 e. The fraction of sp³-hybridized carbons (Fsp3) is 0.238. The van der Waals surface area contributed by atoms with E-state index in [9.17, 15) is 4.79 Å². The highest BCUT2D eigenvalue weighted by atomic mass is 32.2. The molecule has 2 aromatic carbocycles. The molecule has 142 valence electrons. The third-order valence-electron chi connectivity index (χ3n) is 4.19. The summed E-state index contributed by atoms with van der Waals surface area (Å²) in [7, 11) is 0. The Morgan fingerprint density at radius 3 is 2.79 bits per heavy atom. The molecule has 1 amide bonds. The summed E-state index contributed by atoms with van der Waals surface area (Å²) in [5.74, 6) is 0.974. The van der Waals surface area contributed by atoms with E-state index in [2.05, 4.69) is 27.6 Å². The van der Waals surface area contributed by atoms with Gasteiger partial charge in [-0.05, 0) is 37.6 Å². The van der Waals surface area contributed by atoms with Gasteiger partial charge < -0.3 is 9.88 Å².